The van der Waals surface area contributed by atoms with Crippen molar-refractivity contribution < 1.29 is 9.59 Å². The predicted molar refractivity (Wildman–Crippen MR) is 117 cm³/mol. The minimum atomic E-state index is -0.162. The van der Waals surface area contributed by atoms with E-state index in [1.165, 1.54) is 17.5 Å². The summed E-state index contributed by atoms with van der Waals surface area (Å²) >= 11 is 6.85. The molecule has 3 heterocycles. The number of nitrogens with zero attached hydrogens (tertiary/aromatic N) is 4. The van der Waals surface area contributed by atoms with Crippen LogP contribution in [0, 0.1) is 4.77 Å². The summed E-state index contributed by atoms with van der Waals surface area (Å²) in [5.41, 5.74) is 0.558. The van der Waals surface area contributed by atoms with Crippen molar-refractivity contribution in [3.05, 3.63) is 34.7 Å². The third-order valence-electron chi connectivity index (χ3n) is 5.01. The van der Waals surface area contributed by atoms with Crippen LogP contribution in [0.3, 0.4) is 0 Å². The third kappa shape index (κ3) is 5.03. The van der Waals surface area contributed by atoms with Gasteiger partial charge in [0, 0.05) is 25.2 Å². The second kappa shape index (κ2) is 9.35. The van der Waals surface area contributed by atoms with E-state index >= 15 is 0 Å². The molecule has 30 heavy (non-hydrogen) atoms. The zero-order valence-electron chi connectivity index (χ0n) is 16.3. The molecule has 9 nitrogen and oxygen atoms in total. The maximum Gasteiger partial charge on any atom is 0.241 e. The summed E-state index contributed by atoms with van der Waals surface area (Å²) in [5, 5.41) is 19.0. The van der Waals surface area contributed by atoms with Crippen LogP contribution in [0.25, 0.3) is 10.7 Å². The Hall–Kier alpha value is -2.79. The van der Waals surface area contributed by atoms with Gasteiger partial charge in [-0.25, -0.2) is 0 Å². The average molecular weight is 446 g/mol. The molecule has 1 fully saturated rings. The number of anilines is 1. The van der Waals surface area contributed by atoms with E-state index in [4.69, 9.17) is 12.2 Å². The fourth-order valence-corrected chi connectivity index (χ4v) is 4.51. The van der Waals surface area contributed by atoms with Gasteiger partial charge >= 0.3 is 0 Å². The highest BCUT2D eigenvalue weighted by Gasteiger charge is 2.17. The molecule has 0 radical (unpaired) electrons. The van der Waals surface area contributed by atoms with E-state index in [-0.39, 0.29) is 30.8 Å². The van der Waals surface area contributed by atoms with E-state index < -0.39 is 0 Å². The Bertz CT molecular complexity index is 1060. The van der Waals surface area contributed by atoms with Crippen molar-refractivity contribution in [2.45, 2.75) is 51.2 Å². The zero-order chi connectivity index (χ0) is 20.9. The second-order valence-electron chi connectivity index (χ2n) is 7.25. The number of aromatic amines is 1. The molecule has 3 N–H and O–H groups in total. The normalized spacial score (nSPS) is 14.1. The van der Waals surface area contributed by atoms with E-state index in [9.17, 15) is 9.59 Å². The van der Waals surface area contributed by atoms with E-state index in [1.807, 2.05) is 22.1 Å². The van der Waals surface area contributed by atoms with Gasteiger partial charge in [-0.15, -0.1) is 11.3 Å². The highest BCUT2D eigenvalue weighted by atomic mass is 32.1. The molecule has 3 aromatic rings. The fourth-order valence-electron chi connectivity index (χ4n) is 3.56. The van der Waals surface area contributed by atoms with Crippen LogP contribution >= 0.6 is 23.6 Å². The largest absolute Gasteiger partial charge is 0.352 e. The summed E-state index contributed by atoms with van der Waals surface area (Å²) in [6, 6.07) is 4.19. The van der Waals surface area contributed by atoms with E-state index in [2.05, 4.69) is 25.9 Å². The Labute approximate surface area is 182 Å². The molecule has 0 bridgehead atoms. The van der Waals surface area contributed by atoms with Gasteiger partial charge in [0.1, 0.15) is 6.54 Å². The minimum absolute atomic E-state index is 0.0571. The Morgan fingerprint density at radius 3 is 2.90 bits per heavy atom. The number of thiophene rings is 1. The molecule has 11 heteroatoms. The standard InChI is InChI=1S/C19H23N7O2S2/c27-16(7-8-26-18(23-24-19(26)29)15-6-3-9-30-15)22-14-10-20-25(11-14)12-17(28)21-13-4-1-2-5-13/h3,6,9-11,13H,1-2,4-5,7-8,12H2,(H,21,28)(H,22,27)(H,24,29). The Kier molecular flexibility index (Phi) is 6.38. The van der Waals surface area contributed by atoms with Gasteiger partial charge in [-0.3, -0.25) is 23.9 Å². The Balaban J connectivity index is 1.28. The summed E-state index contributed by atoms with van der Waals surface area (Å²) in [6.07, 6.45) is 7.86. The van der Waals surface area contributed by atoms with Crippen LogP contribution in [0.4, 0.5) is 5.69 Å². The molecule has 0 unspecified atom stereocenters. The number of rotatable bonds is 8. The van der Waals surface area contributed by atoms with Crippen LogP contribution in [0.5, 0.6) is 0 Å². The monoisotopic (exact) mass is 445 g/mol. The van der Waals surface area contributed by atoms with Gasteiger partial charge in [0.05, 0.1) is 16.8 Å². The number of hydrogen-bond acceptors (Lipinski definition) is 6. The molecule has 1 aliphatic carbocycles. The van der Waals surface area contributed by atoms with Crippen LogP contribution < -0.4 is 10.6 Å². The first kappa shape index (κ1) is 20.5. The van der Waals surface area contributed by atoms with Crippen molar-refractivity contribution in [3.63, 3.8) is 0 Å². The molecular formula is C19H23N7O2S2. The van der Waals surface area contributed by atoms with Gasteiger partial charge in [-0.1, -0.05) is 18.9 Å². The van der Waals surface area contributed by atoms with Crippen molar-refractivity contribution in [1.29, 1.82) is 0 Å². The number of amides is 2. The van der Waals surface area contributed by atoms with Crippen molar-refractivity contribution in [2.24, 2.45) is 0 Å². The molecule has 1 saturated carbocycles. The highest BCUT2D eigenvalue weighted by molar-refractivity contribution is 7.71. The molecule has 4 rings (SSSR count). The zero-order valence-corrected chi connectivity index (χ0v) is 18.0. The van der Waals surface area contributed by atoms with Gasteiger partial charge < -0.3 is 10.6 Å². The molecular weight excluding hydrogens is 422 g/mol. The number of carbonyl (C=O) groups excluding carboxylic acids is 2. The molecule has 0 aromatic carbocycles. The molecule has 0 spiro atoms. The third-order valence-corrected chi connectivity index (χ3v) is 6.18. The molecule has 3 aromatic heterocycles. The number of H-pyrrole nitrogens is 1. The van der Waals surface area contributed by atoms with Crippen LogP contribution in [0.1, 0.15) is 32.1 Å². The van der Waals surface area contributed by atoms with Gasteiger partial charge in [0.2, 0.25) is 11.8 Å². The first-order chi connectivity index (χ1) is 14.6. The summed E-state index contributed by atoms with van der Waals surface area (Å²) in [4.78, 5) is 25.5. The number of carbonyl (C=O) groups is 2. The lowest BCUT2D eigenvalue weighted by atomic mass is 10.2. The maximum atomic E-state index is 12.4. The summed E-state index contributed by atoms with van der Waals surface area (Å²) in [6.45, 7) is 0.549. The fraction of sp³-hybridized carbons (Fsp3) is 0.421. The van der Waals surface area contributed by atoms with Crippen LogP contribution in [-0.2, 0) is 22.7 Å². The van der Waals surface area contributed by atoms with E-state index in [1.54, 1.807) is 23.7 Å². The number of aromatic nitrogens is 5. The number of nitrogens with one attached hydrogen (secondary N) is 3. The Morgan fingerprint density at radius 2 is 2.13 bits per heavy atom. The van der Waals surface area contributed by atoms with E-state index in [0.29, 0.717) is 17.0 Å². The molecule has 1 aliphatic rings. The van der Waals surface area contributed by atoms with Gasteiger partial charge in [-0.2, -0.15) is 10.2 Å². The first-order valence-electron chi connectivity index (χ1n) is 9.89. The predicted octanol–water partition coefficient (Wildman–Crippen LogP) is 2.95. The van der Waals surface area contributed by atoms with Crippen LogP contribution in [0.2, 0.25) is 0 Å². The smallest absolute Gasteiger partial charge is 0.241 e. The average Bonchev–Trinajstić information content (AvgIpc) is 3.48. The van der Waals surface area contributed by atoms with Crippen molar-refractivity contribution >= 4 is 41.1 Å². The quantitative estimate of drug-likeness (QED) is 0.462. The lowest BCUT2D eigenvalue weighted by molar-refractivity contribution is -0.122. The SMILES string of the molecule is O=C(CCn1c(-c2cccs2)n[nH]c1=S)Nc1cnn(CC(=O)NC2CCCC2)c1. The summed E-state index contributed by atoms with van der Waals surface area (Å²) in [5.74, 6) is 0.507. The van der Waals surface area contributed by atoms with Crippen molar-refractivity contribution in [2.75, 3.05) is 5.32 Å². The Morgan fingerprint density at radius 1 is 1.30 bits per heavy atom. The minimum Gasteiger partial charge on any atom is -0.352 e. The van der Waals surface area contributed by atoms with Gasteiger partial charge in [-0.05, 0) is 36.5 Å². The topological polar surface area (TPSA) is 110 Å². The molecule has 158 valence electrons. The molecule has 2 amide bonds. The van der Waals surface area contributed by atoms with Crippen molar-refractivity contribution in [3.8, 4) is 10.7 Å². The molecule has 0 aliphatic heterocycles. The second-order valence-corrected chi connectivity index (χ2v) is 8.59. The summed E-state index contributed by atoms with van der Waals surface area (Å²) < 4.78 is 3.82. The maximum absolute atomic E-state index is 12.4. The van der Waals surface area contributed by atoms with Crippen LogP contribution in [0.15, 0.2) is 29.9 Å². The lowest BCUT2D eigenvalue weighted by Gasteiger charge is -2.11. The first-order valence-corrected chi connectivity index (χ1v) is 11.2. The van der Waals surface area contributed by atoms with Gasteiger partial charge in [0.15, 0.2) is 10.6 Å². The highest BCUT2D eigenvalue weighted by Crippen LogP contribution is 2.23. The van der Waals surface area contributed by atoms with Crippen LogP contribution in [-0.4, -0.2) is 42.4 Å². The summed E-state index contributed by atoms with van der Waals surface area (Å²) in [7, 11) is 0. The lowest BCUT2D eigenvalue weighted by Crippen LogP contribution is -2.35. The van der Waals surface area contributed by atoms with E-state index in [0.717, 1.165) is 23.5 Å². The number of hydrogen-bond donors (Lipinski definition) is 3. The molecule has 0 atom stereocenters. The molecule has 0 saturated heterocycles. The van der Waals surface area contributed by atoms with Gasteiger partial charge in [0.25, 0.3) is 0 Å². The van der Waals surface area contributed by atoms with Crippen molar-refractivity contribution in [1.82, 2.24) is 29.9 Å².